The Kier molecular flexibility index (Phi) is 5.89. The number of ether oxygens (including phenoxy) is 1. The Morgan fingerprint density at radius 1 is 1.08 bits per heavy atom. The lowest BCUT2D eigenvalue weighted by Gasteiger charge is -2.37. The third-order valence-corrected chi connectivity index (χ3v) is 4.46. The van der Waals surface area contributed by atoms with Crippen LogP contribution in [0.1, 0.15) is 5.56 Å². The number of aryl methyl sites for hydroxylation is 1. The Bertz CT molecular complexity index is 670. The predicted octanol–water partition coefficient (Wildman–Crippen LogP) is 2.70. The van der Waals surface area contributed by atoms with E-state index in [4.69, 9.17) is 4.74 Å². The van der Waals surface area contributed by atoms with Gasteiger partial charge >= 0.3 is 0 Å². The first-order valence-electron chi connectivity index (χ1n) is 8.70. The minimum absolute atomic E-state index is 0.212. The van der Waals surface area contributed by atoms with E-state index in [1.165, 1.54) is 23.4 Å². The summed E-state index contributed by atoms with van der Waals surface area (Å²) in [5, 5.41) is 10.2. The molecule has 1 unspecified atom stereocenters. The highest BCUT2D eigenvalue weighted by Crippen LogP contribution is 2.18. The Labute approximate surface area is 148 Å². The fourth-order valence-electron chi connectivity index (χ4n) is 3.09. The number of rotatable bonds is 6. The van der Waals surface area contributed by atoms with Crippen molar-refractivity contribution in [2.75, 3.05) is 44.2 Å². The van der Waals surface area contributed by atoms with Crippen molar-refractivity contribution in [3.05, 3.63) is 59.9 Å². The van der Waals surface area contributed by atoms with Crippen molar-refractivity contribution in [1.29, 1.82) is 0 Å². The van der Waals surface area contributed by atoms with E-state index in [9.17, 15) is 9.50 Å². The fourth-order valence-corrected chi connectivity index (χ4v) is 3.09. The van der Waals surface area contributed by atoms with Gasteiger partial charge in [0.1, 0.15) is 24.3 Å². The molecule has 25 heavy (non-hydrogen) atoms. The maximum Gasteiger partial charge on any atom is 0.123 e. The first kappa shape index (κ1) is 17.7. The third-order valence-electron chi connectivity index (χ3n) is 4.46. The molecular formula is C20H25FN2O2. The lowest BCUT2D eigenvalue weighted by molar-refractivity contribution is 0.0663. The van der Waals surface area contributed by atoms with Gasteiger partial charge in [0.05, 0.1) is 0 Å². The molecule has 1 aliphatic heterocycles. The lowest BCUT2D eigenvalue weighted by Crippen LogP contribution is -2.49. The van der Waals surface area contributed by atoms with Crippen LogP contribution >= 0.6 is 0 Å². The summed E-state index contributed by atoms with van der Waals surface area (Å²) in [7, 11) is 0. The second-order valence-electron chi connectivity index (χ2n) is 6.55. The number of nitrogens with zero attached hydrogens (tertiary/aromatic N) is 2. The SMILES string of the molecule is Cc1cccc(N2CCN(CC(O)COc3ccc(F)cc3)CC2)c1. The zero-order valence-corrected chi connectivity index (χ0v) is 14.6. The Hall–Kier alpha value is -2.11. The zero-order chi connectivity index (χ0) is 17.6. The minimum atomic E-state index is -0.560. The van der Waals surface area contributed by atoms with Crippen molar-refractivity contribution < 1.29 is 14.2 Å². The summed E-state index contributed by atoms with van der Waals surface area (Å²) < 4.78 is 18.4. The molecule has 1 atom stereocenters. The van der Waals surface area contributed by atoms with E-state index in [0.717, 1.165) is 26.2 Å². The average molecular weight is 344 g/mol. The number of hydrogen-bond donors (Lipinski definition) is 1. The van der Waals surface area contributed by atoms with Crippen LogP contribution in [0.2, 0.25) is 0 Å². The van der Waals surface area contributed by atoms with Gasteiger partial charge in [-0.25, -0.2) is 4.39 Å². The van der Waals surface area contributed by atoms with Gasteiger partial charge in [0, 0.05) is 38.4 Å². The van der Waals surface area contributed by atoms with E-state index >= 15 is 0 Å². The van der Waals surface area contributed by atoms with Crippen molar-refractivity contribution >= 4 is 5.69 Å². The van der Waals surface area contributed by atoms with Crippen LogP contribution in [0.15, 0.2) is 48.5 Å². The largest absolute Gasteiger partial charge is 0.491 e. The van der Waals surface area contributed by atoms with Gasteiger partial charge < -0.3 is 14.7 Å². The molecular weight excluding hydrogens is 319 g/mol. The van der Waals surface area contributed by atoms with Crippen LogP contribution < -0.4 is 9.64 Å². The summed E-state index contributed by atoms with van der Waals surface area (Å²) >= 11 is 0. The number of benzene rings is 2. The van der Waals surface area contributed by atoms with E-state index in [-0.39, 0.29) is 12.4 Å². The summed E-state index contributed by atoms with van der Waals surface area (Å²) in [6.45, 7) is 6.65. The monoisotopic (exact) mass is 344 g/mol. The zero-order valence-electron chi connectivity index (χ0n) is 14.6. The number of halogens is 1. The van der Waals surface area contributed by atoms with Gasteiger partial charge in [-0.05, 0) is 48.9 Å². The normalized spacial score (nSPS) is 16.7. The van der Waals surface area contributed by atoms with E-state index < -0.39 is 6.10 Å². The molecule has 1 heterocycles. The highest BCUT2D eigenvalue weighted by Gasteiger charge is 2.19. The molecule has 0 amide bonds. The molecule has 1 fully saturated rings. The van der Waals surface area contributed by atoms with Crippen LogP contribution in [0.3, 0.4) is 0 Å². The number of β-amino-alcohol motifs (C(OH)–C–C–N with tert-alkyl or cyclic N) is 1. The van der Waals surface area contributed by atoms with E-state index in [2.05, 4.69) is 41.0 Å². The molecule has 0 spiro atoms. The van der Waals surface area contributed by atoms with Gasteiger partial charge in [-0.15, -0.1) is 0 Å². The van der Waals surface area contributed by atoms with E-state index in [1.54, 1.807) is 12.1 Å². The Morgan fingerprint density at radius 2 is 1.80 bits per heavy atom. The smallest absolute Gasteiger partial charge is 0.123 e. The quantitative estimate of drug-likeness (QED) is 0.874. The van der Waals surface area contributed by atoms with E-state index in [0.29, 0.717) is 12.3 Å². The van der Waals surface area contributed by atoms with Gasteiger partial charge in [-0.1, -0.05) is 12.1 Å². The maximum atomic E-state index is 12.9. The van der Waals surface area contributed by atoms with Crippen molar-refractivity contribution in [3.63, 3.8) is 0 Å². The lowest BCUT2D eigenvalue weighted by atomic mass is 10.2. The number of hydrogen-bond acceptors (Lipinski definition) is 4. The second-order valence-corrected chi connectivity index (χ2v) is 6.55. The maximum absolute atomic E-state index is 12.9. The Balaban J connectivity index is 1.41. The fraction of sp³-hybridized carbons (Fsp3) is 0.400. The molecule has 2 aromatic carbocycles. The molecule has 1 aliphatic rings. The first-order chi connectivity index (χ1) is 12.1. The van der Waals surface area contributed by atoms with Crippen LogP contribution in [0, 0.1) is 12.7 Å². The molecule has 4 nitrogen and oxygen atoms in total. The minimum Gasteiger partial charge on any atom is -0.491 e. The highest BCUT2D eigenvalue weighted by molar-refractivity contribution is 5.48. The van der Waals surface area contributed by atoms with Gasteiger partial charge in [0.2, 0.25) is 0 Å². The second kappa shape index (κ2) is 8.32. The summed E-state index contributed by atoms with van der Waals surface area (Å²) in [6, 6.07) is 14.4. The van der Waals surface area contributed by atoms with Crippen molar-refractivity contribution in [2.24, 2.45) is 0 Å². The highest BCUT2D eigenvalue weighted by atomic mass is 19.1. The molecule has 0 radical (unpaired) electrons. The number of aliphatic hydroxyl groups excluding tert-OH is 1. The third kappa shape index (κ3) is 5.18. The van der Waals surface area contributed by atoms with Gasteiger partial charge in [0.25, 0.3) is 0 Å². The van der Waals surface area contributed by atoms with Crippen LogP contribution in [0.25, 0.3) is 0 Å². The molecule has 2 aromatic rings. The average Bonchev–Trinajstić information content (AvgIpc) is 2.62. The van der Waals surface area contributed by atoms with Crippen LogP contribution in [0.5, 0.6) is 5.75 Å². The number of aliphatic hydroxyl groups is 1. The molecule has 0 aliphatic carbocycles. The van der Waals surface area contributed by atoms with Gasteiger partial charge in [0.15, 0.2) is 0 Å². The van der Waals surface area contributed by atoms with Gasteiger partial charge in [-0.2, -0.15) is 0 Å². The van der Waals surface area contributed by atoms with Crippen molar-refractivity contribution in [1.82, 2.24) is 4.90 Å². The molecule has 0 aromatic heterocycles. The first-order valence-corrected chi connectivity index (χ1v) is 8.70. The summed E-state index contributed by atoms with van der Waals surface area (Å²) in [5.41, 5.74) is 2.54. The molecule has 1 N–H and O–H groups in total. The van der Waals surface area contributed by atoms with Crippen molar-refractivity contribution in [2.45, 2.75) is 13.0 Å². The van der Waals surface area contributed by atoms with Crippen LogP contribution in [-0.4, -0.2) is 55.4 Å². The van der Waals surface area contributed by atoms with Crippen LogP contribution in [0.4, 0.5) is 10.1 Å². The standard InChI is InChI=1S/C20H25FN2O2/c1-16-3-2-4-18(13-16)23-11-9-22(10-12-23)14-19(24)15-25-20-7-5-17(21)6-8-20/h2-8,13,19,24H,9-12,14-15H2,1H3. The topological polar surface area (TPSA) is 35.9 Å². The summed E-state index contributed by atoms with van der Waals surface area (Å²) in [5.74, 6) is 0.282. The van der Waals surface area contributed by atoms with Gasteiger partial charge in [-0.3, -0.25) is 4.90 Å². The van der Waals surface area contributed by atoms with E-state index in [1.807, 2.05) is 0 Å². The molecule has 3 rings (SSSR count). The van der Waals surface area contributed by atoms with Crippen LogP contribution in [-0.2, 0) is 0 Å². The molecule has 1 saturated heterocycles. The molecule has 134 valence electrons. The predicted molar refractivity (Wildman–Crippen MR) is 97.7 cm³/mol. The molecule has 5 heteroatoms. The molecule has 0 bridgehead atoms. The summed E-state index contributed by atoms with van der Waals surface area (Å²) in [6.07, 6.45) is -0.560. The number of anilines is 1. The van der Waals surface area contributed by atoms with Crippen molar-refractivity contribution in [3.8, 4) is 5.75 Å². The number of piperazine rings is 1. The summed E-state index contributed by atoms with van der Waals surface area (Å²) in [4.78, 5) is 4.63. The Morgan fingerprint density at radius 3 is 2.48 bits per heavy atom. The molecule has 0 saturated carbocycles.